The monoisotopic (exact) mass is 413 g/mol. The zero-order chi connectivity index (χ0) is 21.6. The second-order valence-corrected chi connectivity index (χ2v) is 9.22. The van der Waals surface area contributed by atoms with E-state index < -0.39 is 0 Å². The van der Waals surface area contributed by atoms with Gasteiger partial charge in [0.25, 0.3) is 0 Å². The van der Waals surface area contributed by atoms with E-state index in [-0.39, 0.29) is 0 Å². The van der Waals surface area contributed by atoms with Crippen LogP contribution in [0, 0.1) is 5.92 Å². The molecule has 2 nitrogen and oxygen atoms in total. The molecule has 1 aliphatic heterocycles. The standard InChI is InChI=1S/C29H35NO/c1-21(2)10-9-11-22(3)16-17-24-18-19-27(31-20-23-12-5-4-6-13-23)29-28(24)25-14-7-8-15-26(25)30-29/h4-6,10,12-13,16,18-19,24H,7-9,11,14-15,17,20H2,1-3H3/b22-16+. The van der Waals surface area contributed by atoms with Gasteiger partial charge in [-0.25, -0.2) is 4.99 Å². The van der Waals surface area contributed by atoms with Gasteiger partial charge in [0, 0.05) is 11.6 Å². The van der Waals surface area contributed by atoms with Crippen molar-refractivity contribution in [3.05, 3.63) is 93.9 Å². The first-order valence-electron chi connectivity index (χ1n) is 11.8. The molecule has 1 fully saturated rings. The van der Waals surface area contributed by atoms with Crippen molar-refractivity contribution in [1.82, 2.24) is 0 Å². The molecule has 1 saturated carbocycles. The van der Waals surface area contributed by atoms with E-state index in [0.717, 1.165) is 43.6 Å². The van der Waals surface area contributed by atoms with Gasteiger partial charge >= 0.3 is 0 Å². The molecule has 0 bridgehead atoms. The van der Waals surface area contributed by atoms with Gasteiger partial charge in [-0.3, -0.25) is 0 Å². The molecular formula is C29H35NO. The lowest BCUT2D eigenvalue weighted by atomic mass is 9.81. The van der Waals surface area contributed by atoms with Crippen molar-refractivity contribution in [2.24, 2.45) is 10.9 Å². The van der Waals surface area contributed by atoms with E-state index in [9.17, 15) is 0 Å². The fraction of sp³-hybridized carbons (Fsp3) is 0.414. The van der Waals surface area contributed by atoms with Crippen LogP contribution in [0.4, 0.5) is 0 Å². The number of aliphatic imine (C=N–C) groups is 1. The van der Waals surface area contributed by atoms with Gasteiger partial charge in [-0.1, -0.05) is 59.7 Å². The molecule has 0 amide bonds. The van der Waals surface area contributed by atoms with Gasteiger partial charge in [-0.2, -0.15) is 0 Å². The fourth-order valence-corrected chi connectivity index (χ4v) is 4.67. The van der Waals surface area contributed by atoms with Crippen LogP contribution in [-0.2, 0) is 11.3 Å². The van der Waals surface area contributed by atoms with Crippen LogP contribution >= 0.6 is 0 Å². The number of fused-ring (bicyclic) bond motifs is 2. The molecule has 0 saturated heterocycles. The van der Waals surface area contributed by atoms with Crippen molar-refractivity contribution in [1.29, 1.82) is 0 Å². The Labute approximate surface area is 187 Å². The molecule has 1 atom stereocenters. The minimum atomic E-state index is 0.409. The summed E-state index contributed by atoms with van der Waals surface area (Å²) in [6.07, 6.45) is 17.4. The second kappa shape index (κ2) is 10.1. The number of hydrogen-bond acceptors (Lipinski definition) is 2. The maximum atomic E-state index is 6.27. The molecule has 0 N–H and O–H groups in total. The molecule has 0 aromatic heterocycles. The Balaban J connectivity index is 1.52. The van der Waals surface area contributed by atoms with Crippen molar-refractivity contribution in [3.63, 3.8) is 0 Å². The number of ether oxygens (including phenoxy) is 1. The van der Waals surface area contributed by atoms with Gasteiger partial charge < -0.3 is 4.74 Å². The number of benzene rings is 1. The van der Waals surface area contributed by atoms with Crippen molar-refractivity contribution in [2.45, 2.75) is 72.3 Å². The highest BCUT2D eigenvalue weighted by Gasteiger charge is 2.33. The summed E-state index contributed by atoms with van der Waals surface area (Å²) in [5.74, 6) is 1.35. The zero-order valence-electron chi connectivity index (χ0n) is 19.3. The molecule has 0 radical (unpaired) electrons. The summed E-state index contributed by atoms with van der Waals surface area (Å²) in [6, 6.07) is 10.4. The average molecular weight is 414 g/mol. The molecule has 162 valence electrons. The van der Waals surface area contributed by atoms with Gasteiger partial charge in [0.15, 0.2) is 0 Å². The van der Waals surface area contributed by atoms with E-state index in [2.05, 4.69) is 69.3 Å². The van der Waals surface area contributed by atoms with Gasteiger partial charge in [0.1, 0.15) is 18.1 Å². The highest BCUT2D eigenvalue weighted by molar-refractivity contribution is 6.05. The lowest BCUT2D eigenvalue weighted by Crippen LogP contribution is -2.13. The van der Waals surface area contributed by atoms with E-state index in [1.807, 2.05) is 6.07 Å². The Morgan fingerprint density at radius 2 is 1.87 bits per heavy atom. The predicted molar refractivity (Wildman–Crippen MR) is 131 cm³/mol. The summed E-state index contributed by atoms with van der Waals surface area (Å²) in [5.41, 5.74) is 9.44. The van der Waals surface area contributed by atoms with Crippen molar-refractivity contribution in [2.75, 3.05) is 0 Å². The average Bonchev–Trinajstić information content (AvgIpc) is 3.17. The minimum absolute atomic E-state index is 0.409. The van der Waals surface area contributed by atoms with Crippen LogP contribution in [0.2, 0.25) is 0 Å². The van der Waals surface area contributed by atoms with Gasteiger partial charge in [-0.05, 0) is 88.5 Å². The third-order valence-corrected chi connectivity index (χ3v) is 6.40. The predicted octanol–water partition coefficient (Wildman–Crippen LogP) is 8.01. The second-order valence-electron chi connectivity index (χ2n) is 9.22. The third kappa shape index (κ3) is 5.36. The molecule has 1 aromatic carbocycles. The lowest BCUT2D eigenvalue weighted by molar-refractivity contribution is 0.206. The Morgan fingerprint density at radius 3 is 2.68 bits per heavy atom. The first kappa shape index (κ1) is 21.6. The lowest BCUT2D eigenvalue weighted by Gasteiger charge is -2.23. The Kier molecular flexibility index (Phi) is 7.06. The minimum Gasteiger partial charge on any atom is -0.487 e. The van der Waals surface area contributed by atoms with E-state index >= 15 is 0 Å². The Hall–Kier alpha value is -2.61. The molecular weight excluding hydrogens is 378 g/mol. The molecule has 0 spiro atoms. The SMILES string of the molecule is CC(C)=CCC/C(C)=C/CC1C=CC(OCc2ccccc2)=C2N=C3CCCCC3=C21. The first-order chi connectivity index (χ1) is 15.1. The Bertz CT molecular complexity index is 981. The first-order valence-corrected chi connectivity index (χ1v) is 11.8. The van der Waals surface area contributed by atoms with Crippen molar-refractivity contribution >= 4 is 5.71 Å². The van der Waals surface area contributed by atoms with E-state index in [1.165, 1.54) is 46.4 Å². The molecule has 1 unspecified atom stereocenters. The summed E-state index contributed by atoms with van der Waals surface area (Å²) in [7, 11) is 0. The number of rotatable bonds is 8. The van der Waals surface area contributed by atoms with Crippen LogP contribution < -0.4 is 0 Å². The summed E-state index contributed by atoms with van der Waals surface area (Å²) in [4.78, 5) is 5.09. The van der Waals surface area contributed by atoms with E-state index in [0.29, 0.717) is 12.5 Å². The molecule has 3 aliphatic rings. The summed E-state index contributed by atoms with van der Waals surface area (Å²) in [5, 5.41) is 0. The third-order valence-electron chi connectivity index (χ3n) is 6.40. The van der Waals surface area contributed by atoms with Crippen LogP contribution in [0.15, 0.2) is 93.4 Å². The maximum absolute atomic E-state index is 6.27. The zero-order valence-corrected chi connectivity index (χ0v) is 19.3. The molecule has 31 heavy (non-hydrogen) atoms. The van der Waals surface area contributed by atoms with Crippen LogP contribution in [0.3, 0.4) is 0 Å². The van der Waals surface area contributed by atoms with Crippen LogP contribution in [-0.4, -0.2) is 5.71 Å². The van der Waals surface area contributed by atoms with E-state index in [1.54, 1.807) is 0 Å². The van der Waals surface area contributed by atoms with E-state index in [4.69, 9.17) is 9.73 Å². The van der Waals surface area contributed by atoms with Gasteiger partial charge in [-0.15, -0.1) is 0 Å². The smallest absolute Gasteiger partial charge is 0.145 e. The largest absolute Gasteiger partial charge is 0.487 e. The molecule has 4 rings (SSSR count). The maximum Gasteiger partial charge on any atom is 0.145 e. The molecule has 1 heterocycles. The number of allylic oxidation sites excluding steroid dienone is 8. The Morgan fingerprint density at radius 1 is 1.06 bits per heavy atom. The van der Waals surface area contributed by atoms with Crippen LogP contribution in [0.5, 0.6) is 0 Å². The number of nitrogens with zero attached hydrogens (tertiary/aromatic N) is 1. The summed E-state index contributed by atoms with van der Waals surface area (Å²) < 4.78 is 6.27. The van der Waals surface area contributed by atoms with Crippen LogP contribution in [0.25, 0.3) is 0 Å². The normalized spacial score (nSPS) is 20.4. The topological polar surface area (TPSA) is 21.6 Å². The van der Waals surface area contributed by atoms with Gasteiger partial charge in [0.05, 0.1) is 0 Å². The van der Waals surface area contributed by atoms with Crippen molar-refractivity contribution < 1.29 is 4.74 Å². The fourth-order valence-electron chi connectivity index (χ4n) is 4.67. The summed E-state index contributed by atoms with van der Waals surface area (Å²) >= 11 is 0. The van der Waals surface area contributed by atoms with Crippen LogP contribution in [0.1, 0.15) is 71.3 Å². The van der Waals surface area contributed by atoms with Crippen molar-refractivity contribution in [3.8, 4) is 0 Å². The number of hydrogen-bond donors (Lipinski definition) is 0. The molecule has 2 heteroatoms. The highest BCUT2D eigenvalue weighted by Crippen LogP contribution is 2.44. The highest BCUT2D eigenvalue weighted by atomic mass is 16.5. The molecule has 1 aromatic rings. The van der Waals surface area contributed by atoms with Gasteiger partial charge in [0.2, 0.25) is 0 Å². The summed E-state index contributed by atoms with van der Waals surface area (Å²) in [6.45, 7) is 7.21. The quantitative estimate of drug-likeness (QED) is 0.395. The molecule has 2 aliphatic carbocycles.